The minimum absolute atomic E-state index is 0.0968. The van der Waals surface area contributed by atoms with E-state index < -0.39 is 0 Å². The van der Waals surface area contributed by atoms with Crippen LogP contribution in [0.2, 0.25) is 10.0 Å². The molecule has 0 saturated carbocycles. The summed E-state index contributed by atoms with van der Waals surface area (Å²) in [5, 5.41) is 5.98. The van der Waals surface area contributed by atoms with E-state index in [1.54, 1.807) is 49.4 Å². The second-order valence-electron chi connectivity index (χ2n) is 4.87. The number of benzene rings is 2. The van der Waals surface area contributed by atoms with Gasteiger partial charge in [-0.05, 0) is 24.3 Å². The normalized spacial score (nSPS) is 10.1. The third-order valence-electron chi connectivity index (χ3n) is 3.03. The van der Waals surface area contributed by atoms with E-state index in [1.807, 2.05) is 0 Å². The van der Waals surface area contributed by atoms with Gasteiger partial charge >= 0.3 is 0 Å². The zero-order chi connectivity index (χ0) is 17.5. The number of carbonyl (C=O) groups excluding carboxylic acids is 2. The summed E-state index contributed by atoms with van der Waals surface area (Å²) in [6.07, 6.45) is 0.383. The molecule has 0 fully saturated rings. The molecule has 2 aromatic carbocycles. The van der Waals surface area contributed by atoms with Gasteiger partial charge in [-0.3, -0.25) is 9.59 Å². The Labute approximate surface area is 149 Å². The number of hydrogen-bond donors (Lipinski definition) is 2. The second-order valence-corrected chi connectivity index (χ2v) is 5.65. The van der Waals surface area contributed by atoms with Crippen LogP contribution < -0.4 is 15.4 Å². The van der Waals surface area contributed by atoms with Gasteiger partial charge in [0.05, 0.1) is 15.7 Å². The molecule has 126 valence electrons. The van der Waals surface area contributed by atoms with Crippen molar-refractivity contribution in [3.8, 4) is 5.75 Å². The van der Waals surface area contributed by atoms with E-state index in [4.69, 9.17) is 27.9 Å². The molecular formula is C17H16Cl2N2O3. The van der Waals surface area contributed by atoms with E-state index in [-0.39, 0.29) is 23.4 Å². The number of rotatable bonds is 6. The molecule has 5 nitrogen and oxygen atoms in total. The zero-order valence-corrected chi connectivity index (χ0v) is 14.4. The highest BCUT2D eigenvalue weighted by Crippen LogP contribution is 2.29. The molecule has 0 aliphatic heterocycles. The highest BCUT2D eigenvalue weighted by Gasteiger charge is 2.09. The van der Waals surface area contributed by atoms with Gasteiger partial charge in [0, 0.05) is 18.2 Å². The van der Waals surface area contributed by atoms with E-state index >= 15 is 0 Å². The van der Waals surface area contributed by atoms with Crippen LogP contribution in [-0.4, -0.2) is 18.4 Å². The zero-order valence-electron chi connectivity index (χ0n) is 12.9. The Bertz CT molecular complexity index is 750. The van der Waals surface area contributed by atoms with Gasteiger partial charge in [0.1, 0.15) is 5.75 Å². The van der Waals surface area contributed by atoms with Crippen LogP contribution in [0.15, 0.2) is 42.5 Å². The lowest BCUT2D eigenvalue weighted by Gasteiger charge is -2.10. The Morgan fingerprint density at radius 1 is 1.04 bits per heavy atom. The van der Waals surface area contributed by atoms with Crippen LogP contribution in [0.25, 0.3) is 0 Å². The van der Waals surface area contributed by atoms with Crippen LogP contribution in [0, 0.1) is 0 Å². The van der Waals surface area contributed by atoms with Crippen LogP contribution in [0.1, 0.15) is 13.3 Å². The average Bonchev–Trinajstić information content (AvgIpc) is 2.57. The summed E-state index contributed by atoms with van der Waals surface area (Å²) < 4.78 is 5.43. The number of nitrogens with one attached hydrogen (secondary N) is 2. The first-order chi connectivity index (χ1) is 11.5. The lowest BCUT2D eigenvalue weighted by atomic mass is 10.3. The van der Waals surface area contributed by atoms with E-state index in [0.29, 0.717) is 28.6 Å². The van der Waals surface area contributed by atoms with Gasteiger partial charge in [0.15, 0.2) is 6.61 Å². The molecule has 0 unspecified atom stereocenters. The highest BCUT2D eigenvalue weighted by atomic mass is 35.5. The molecule has 0 heterocycles. The van der Waals surface area contributed by atoms with Crippen LogP contribution >= 0.6 is 23.2 Å². The van der Waals surface area contributed by atoms with E-state index in [2.05, 4.69) is 10.6 Å². The standard InChI is InChI=1S/C17H16Cl2N2O3/c1-2-15(22)20-11-5-3-6-12(9-11)24-10-16(23)21-14-8-4-7-13(18)17(14)19/h3-9H,2,10H2,1H3,(H,20,22)(H,21,23). The maximum absolute atomic E-state index is 12.0. The van der Waals surface area contributed by atoms with E-state index in [0.717, 1.165) is 0 Å². The summed E-state index contributed by atoms with van der Waals surface area (Å²) >= 11 is 11.9. The number of anilines is 2. The van der Waals surface area contributed by atoms with E-state index in [1.165, 1.54) is 0 Å². The Hall–Kier alpha value is -2.24. The monoisotopic (exact) mass is 366 g/mol. The summed E-state index contributed by atoms with van der Waals surface area (Å²) in [6, 6.07) is 11.8. The Balaban J connectivity index is 1.93. The van der Waals surface area contributed by atoms with Gasteiger partial charge in [-0.15, -0.1) is 0 Å². The predicted octanol–water partition coefficient (Wildman–Crippen LogP) is 4.36. The number of amides is 2. The van der Waals surface area contributed by atoms with Crippen LogP contribution in [0.3, 0.4) is 0 Å². The Kier molecular flexibility index (Phi) is 6.46. The number of carbonyl (C=O) groups is 2. The molecule has 2 aromatic rings. The first kappa shape index (κ1) is 18.1. The molecule has 0 aromatic heterocycles. The summed E-state index contributed by atoms with van der Waals surface area (Å²) in [4.78, 5) is 23.3. The fraction of sp³-hybridized carbons (Fsp3) is 0.176. The van der Waals surface area contributed by atoms with Crippen molar-refractivity contribution >= 4 is 46.4 Å². The van der Waals surface area contributed by atoms with Crippen molar-refractivity contribution in [1.82, 2.24) is 0 Å². The second kappa shape index (κ2) is 8.57. The molecule has 7 heteroatoms. The number of halogens is 2. The molecule has 0 spiro atoms. The fourth-order valence-electron chi connectivity index (χ4n) is 1.85. The smallest absolute Gasteiger partial charge is 0.262 e. The van der Waals surface area contributed by atoms with Gasteiger partial charge in [-0.1, -0.05) is 42.3 Å². The van der Waals surface area contributed by atoms with Crippen molar-refractivity contribution < 1.29 is 14.3 Å². The van der Waals surface area contributed by atoms with Crippen molar-refractivity contribution in [3.63, 3.8) is 0 Å². The third kappa shape index (κ3) is 5.15. The fourth-order valence-corrected chi connectivity index (χ4v) is 2.20. The summed E-state index contributed by atoms with van der Waals surface area (Å²) in [5.41, 5.74) is 1.03. The third-order valence-corrected chi connectivity index (χ3v) is 3.85. The molecule has 24 heavy (non-hydrogen) atoms. The highest BCUT2D eigenvalue weighted by molar-refractivity contribution is 6.43. The molecule has 2 amide bonds. The first-order valence-corrected chi connectivity index (χ1v) is 8.01. The van der Waals surface area contributed by atoms with Gasteiger partial charge in [0.25, 0.3) is 5.91 Å². The molecular weight excluding hydrogens is 351 g/mol. The molecule has 2 rings (SSSR count). The quantitative estimate of drug-likeness (QED) is 0.797. The summed E-state index contributed by atoms with van der Waals surface area (Å²) in [5.74, 6) is -0.00102. The topological polar surface area (TPSA) is 67.4 Å². The molecule has 0 saturated heterocycles. The van der Waals surface area contributed by atoms with Crippen molar-refractivity contribution in [1.29, 1.82) is 0 Å². The predicted molar refractivity (Wildman–Crippen MR) is 95.9 cm³/mol. The van der Waals surface area contributed by atoms with Crippen LogP contribution in [0.5, 0.6) is 5.75 Å². The van der Waals surface area contributed by atoms with E-state index in [9.17, 15) is 9.59 Å². The number of hydrogen-bond acceptors (Lipinski definition) is 3. The largest absolute Gasteiger partial charge is 0.484 e. The maximum atomic E-state index is 12.0. The van der Waals surface area contributed by atoms with Gasteiger partial charge in [0.2, 0.25) is 5.91 Å². The van der Waals surface area contributed by atoms with Gasteiger partial charge in [-0.25, -0.2) is 0 Å². The SMILES string of the molecule is CCC(=O)Nc1cccc(OCC(=O)Nc2cccc(Cl)c2Cl)c1. The Morgan fingerprint density at radius 2 is 1.79 bits per heavy atom. The Morgan fingerprint density at radius 3 is 2.54 bits per heavy atom. The van der Waals surface area contributed by atoms with Gasteiger partial charge in [-0.2, -0.15) is 0 Å². The summed E-state index contributed by atoms with van der Waals surface area (Å²) in [6.45, 7) is 1.56. The molecule has 0 bridgehead atoms. The maximum Gasteiger partial charge on any atom is 0.262 e. The van der Waals surface area contributed by atoms with Crippen LogP contribution in [0.4, 0.5) is 11.4 Å². The molecule has 0 atom stereocenters. The molecule has 0 aliphatic carbocycles. The van der Waals surface area contributed by atoms with Crippen molar-refractivity contribution in [3.05, 3.63) is 52.5 Å². The molecule has 2 N–H and O–H groups in total. The molecule has 0 radical (unpaired) electrons. The summed E-state index contributed by atoms with van der Waals surface area (Å²) in [7, 11) is 0. The average molecular weight is 367 g/mol. The van der Waals surface area contributed by atoms with Crippen LogP contribution in [-0.2, 0) is 9.59 Å². The lowest BCUT2D eigenvalue weighted by Crippen LogP contribution is -2.20. The van der Waals surface area contributed by atoms with Crippen molar-refractivity contribution in [2.24, 2.45) is 0 Å². The number of ether oxygens (including phenoxy) is 1. The van der Waals surface area contributed by atoms with Crippen molar-refractivity contribution in [2.45, 2.75) is 13.3 Å². The lowest BCUT2D eigenvalue weighted by molar-refractivity contribution is -0.118. The first-order valence-electron chi connectivity index (χ1n) is 7.26. The molecule has 0 aliphatic rings. The van der Waals surface area contributed by atoms with Gasteiger partial charge < -0.3 is 15.4 Å². The van der Waals surface area contributed by atoms with Crippen molar-refractivity contribution in [2.75, 3.05) is 17.2 Å². The minimum atomic E-state index is -0.373. The minimum Gasteiger partial charge on any atom is -0.484 e.